The zero-order valence-electron chi connectivity index (χ0n) is 31.9. The molecule has 0 amide bonds. The summed E-state index contributed by atoms with van der Waals surface area (Å²) in [5.74, 6) is 5.46. The molecular formula is C46H44Cl2O4SiZr-2. The summed E-state index contributed by atoms with van der Waals surface area (Å²) in [6, 6.07) is 41.9. The van der Waals surface area contributed by atoms with E-state index in [0.717, 1.165) is 56.8 Å². The summed E-state index contributed by atoms with van der Waals surface area (Å²) >= 11 is -1.65. The predicted octanol–water partition coefficient (Wildman–Crippen LogP) is 14.4. The fraction of sp³-hybridized carbons (Fsp3) is 0.174. The van der Waals surface area contributed by atoms with Crippen LogP contribution in [0.1, 0.15) is 22.6 Å². The Kier molecular flexibility index (Phi) is 12.9. The van der Waals surface area contributed by atoms with Gasteiger partial charge in [-0.1, -0.05) is 70.8 Å². The van der Waals surface area contributed by atoms with Crippen LogP contribution in [0.4, 0.5) is 0 Å². The standard InChI is InChI=1S/2C22H19O2.C2H6Si.2ClH.Zr/c2*1-14-8-10-16-12-17(20-11-9-15(2)24-20)13-19(16)22(14)18-6-4-5-7-21(18)23-3;1-3-2;;;/h2*4-13H,1-3H3;1-2H3;2*1H;/q2*-1;;;;+2/p-2. The van der Waals surface area contributed by atoms with Crippen molar-refractivity contribution in [2.24, 2.45) is 0 Å². The van der Waals surface area contributed by atoms with Crippen molar-refractivity contribution in [2.75, 3.05) is 14.2 Å². The third kappa shape index (κ3) is 8.74. The zero-order valence-corrected chi connectivity index (χ0v) is 36.9. The van der Waals surface area contributed by atoms with Gasteiger partial charge in [-0.3, -0.25) is 0 Å². The van der Waals surface area contributed by atoms with E-state index in [2.05, 4.69) is 99.7 Å². The quantitative estimate of drug-likeness (QED) is 0.123. The molecule has 0 aliphatic heterocycles. The van der Waals surface area contributed by atoms with Gasteiger partial charge in [0.25, 0.3) is 0 Å². The molecule has 0 spiro atoms. The summed E-state index contributed by atoms with van der Waals surface area (Å²) in [6.45, 7) is 12.6. The van der Waals surface area contributed by atoms with Gasteiger partial charge in [0, 0.05) is 11.1 Å². The monoisotopic (exact) mass is 848 g/mol. The zero-order chi connectivity index (χ0) is 38.5. The van der Waals surface area contributed by atoms with Gasteiger partial charge in [0.1, 0.15) is 11.5 Å². The van der Waals surface area contributed by atoms with Crippen LogP contribution >= 0.6 is 17.0 Å². The molecule has 8 rings (SSSR count). The van der Waals surface area contributed by atoms with Gasteiger partial charge in [-0.2, -0.15) is 0 Å². The van der Waals surface area contributed by atoms with Crippen LogP contribution in [0.3, 0.4) is 0 Å². The second kappa shape index (κ2) is 17.6. The van der Waals surface area contributed by atoms with Crippen molar-refractivity contribution in [3.05, 3.63) is 144 Å². The number of para-hydroxylation sites is 2. The Morgan fingerprint density at radius 2 is 0.944 bits per heavy atom. The minimum absolute atomic E-state index is 0.224. The van der Waals surface area contributed by atoms with E-state index in [1.54, 1.807) is 14.2 Å². The normalized spacial score (nSPS) is 10.8. The Hall–Kier alpha value is -4.06. The molecular weight excluding hydrogens is 807 g/mol. The Morgan fingerprint density at radius 3 is 1.28 bits per heavy atom. The van der Waals surface area contributed by atoms with Gasteiger partial charge < -0.3 is 18.3 Å². The second-order valence-electron chi connectivity index (χ2n) is 13.5. The summed E-state index contributed by atoms with van der Waals surface area (Å²) in [7, 11) is 14.7. The first kappa shape index (κ1) is 39.6. The molecule has 0 atom stereocenters. The molecule has 0 unspecified atom stereocenters. The Morgan fingerprint density at radius 1 is 0.556 bits per heavy atom. The predicted molar refractivity (Wildman–Crippen MR) is 227 cm³/mol. The first-order valence-corrected chi connectivity index (χ1v) is 30.3. The van der Waals surface area contributed by atoms with Gasteiger partial charge in [-0.25, -0.2) is 0 Å². The molecule has 8 heteroatoms. The van der Waals surface area contributed by atoms with Crippen LogP contribution in [0, 0.1) is 27.7 Å². The number of furan rings is 2. The van der Waals surface area contributed by atoms with Crippen LogP contribution in [-0.2, 0) is 18.0 Å². The van der Waals surface area contributed by atoms with Crippen molar-refractivity contribution in [1.29, 1.82) is 0 Å². The topological polar surface area (TPSA) is 44.7 Å². The molecule has 0 saturated carbocycles. The van der Waals surface area contributed by atoms with Crippen LogP contribution in [0.25, 0.3) is 66.4 Å². The number of halogens is 2. The van der Waals surface area contributed by atoms with Crippen molar-refractivity contribution < 1.29 is 36.3 Å². The van der Waals surface area contributed by atoms with Gasteiger partial charge in [-0.15, -0.1) is 57.9 Å². The molecule has 2 aromatic heterocycles. The van der Waals surface area contributed by atoms with Crippen molar-refractivity contribution in [2.45, 2.75) is 40.8 Å². The fourth-order valence-corrected chi connectivity index (χ4v) is 6.66. The van der Waals surface area contributed by atoms with Crippen molar-refractivity contribution in [3.8, 4) is 56.4 Å². The number of fused-ring (bicyclic) bond motifs is 2. The van der Waals surface area contributed by atoms with Crippen molar-refractivity contribution >= 4 is 44.0 Å². The fourth-order valence-electron chi connectivity index (χ4n) is 6.66. The van der Waals surface area contributed by atoms with Crippen molar-refractivity contribution in [3.63, 3.8) is 0 Å². The van der Waals surface area contributed by atoms with Crippen LogP contribution < -0.4 is 9.47 Å². The Bertz CT molecular complexity index is 2400. The summed E-state index contributed by atoms with van der Waals surface area (Å²) < 4.78 is 22.8. The molecule has 6 aromatic carbocycles. The molecule has 0 aliphatic carbocycles. The van der Waals surface area contributed by atoms with Crippen molar-refractivity contribution in [1.82, 2.24) is 0 Å². The van der Waals surface area contributed by atoms with Crippen LogP contribution in [0.15, 0.2) is 130 Å². The first-order valence-electron chi connectivity index (χ1n) is 17.8. The Labute approximate surface area is 333 Å². The van der Waals surface area contributed by atoms with Gasteiger partial charge in [-0.05, 0) is 75.2 Å². The number of methoxy groups -OCH3 is 2. The van der Waals surface area contributed by atoms with Crippen LogP contribution in [-0.4, -0.2) is 19.7 Å². The van der Waals surface area contributed by atoms with E-state index in [9.17, 15) is 0 Å². The van der Waals surface area contributed by atoms with E-state index in [-0.39, 0.29) is 5.43 Å². The van der Waals surface area contributed by atoms with Crippen LogP contribution in [0.5, 0.6) is 11.5 Å². The second-order valence-corrected chi connectivity index (χ2v) is 36.5. The molecule has 0 N–H and O–H groups in total. The molecule has 54 heavy (non-hydrogen) atoms. The van der Waals surface area contributed by atoms with E-state index >= 15 is 0 Å². The summed E-state index contributed by atoms with van der Waals surface area (Å²) in [5.41, 5.74) is 9.16. The third-order valence-corrected chi connectivity index (χ3v) is 29.1. The summed E-state index contributed by atoms with van der Waals surface area (Å²) in [6.07, 6.45) is 0. The SMILES string of the molecule is COc1ccccc1-c1c(C)ccc2[cH-]c(-c3ccc(C)o3)cc12.COc1ccccc1-c1c(C)ccc2[cH-]c(-c3ccc(C)o3)cc12.C[Si](C)=[Zr]([Cl])[Cl]. The number of hydrogen-bond donors (Lipinski definition) is 0. The molecule has 276 valence electrons. The molecule has 0 radical (unpaired) electrons. The summed E-state index contributed by atoms with van der Waals surface area (Å²) in [5, 5.41) is 4.88. The molecule has 8 aromatic rings. The maximum absolute atomic E-state index is 5.80. The number of benzene rings is 4. The van der Waals surface area contributed by atoms with Crippen LogP contribution in [0.2, 0.25) is 13.1 Å². The van der Waals surface area contributed by atoms with Gasteiger partial charge in [0.2, 0.25) is 0 Å². The van der Waals surface area contributed by atoms with E-state index in [0.29, 0.717) is 0 Å². The third-order valence-electron chi connectivity index (χ3n) is 9.38. The molecule has 4 nitrogen and oxygen atoms in total. The number of aryl methyl sites for hydroxylation is 4. The number of hydrogen-bond acceptors (Lipinski definition) is 4. The minimum atomic E-state index is -1.65. The molecule has 0 fully saturated rings. The number of ether oxygens (including phenoxy) is 2. The van der Waals surface area contributed by atoms with Gasteiger partial charge >= 0.3 is 53.5 Å². The first-order chi connectivity index (χ1) is 26.0. The Balaban J connectivity index is 0.000000160. The average molecular weight is 851 g/mol. The average Bonchev–Trinajstić information content (AvgIpc) is 3.99. The summed E-state index contributed by atoms with van der Waals surface area (Å²) in [4.78, 5) is 0. The molecule has 0 aliphatic rings. The maximum atomic E-state index is 5.80. The molecule has 0 bridgehead atoms. The molecule has 2 heterocycles. The van der Waals surface area contributed by atoms with E-state index in [1.807, 2.05) is 62.4 Å². The van der Waals surface area contributed by atoms with E-state index in [1.165, 1.54) is 43.8 Å². The van der Waals surface area contributed by atoms with E-state index in [4.69, 9.17) is 35.3 Å². The molecule has 0 saturated heterocycles. The van der Waals surface area contributed by atoms with Gasteiger partial charge in [0.05, 0.1) is 37.3 Å². The van der Waals surface area contributed by atoms with Gasteiger partial charge in [0.15, 0.2) is 0 Å². The van der Waals surface area contributed by atoms with E-state index < -0.39 is 18.0 Å². The number of rotatable bonds is 6.